The average molecular weight is 146 g/mol. The van der Waals surface area contributed by atoms with Crippen molar-refractivity contribution in [2.45, 2.75) is 12.8 Å². The van der Waals surface area contributed by atoms with Gasteiger partial charge in [-0.2, -0.15) is 0 Å². The van der Waals surface area contributed by atoms with Crippen molar-refractivity contribution >= 4 is 0 Å². The van der Waals surface area contributed by atoms with Gasteiger partial charge in [0.2, 0.25) is 0 Å². The molecule has 3 heteroatoms. The normalized spacial score (nSPS) is 10.8. The molecule has 3 nitrogen and oxygen atoms in total. The molecule has 0 aromatic heterocycles. The van der Waals surface area contributed by atoms with Crippen LogP contribution in [0.2, 0.25) is 0 Å². The predicted molar refractivity (Wildman–Crippen MR) is 44.0 cm³/mol. The molecule has 0 heterocycles. The third kappa shape index (κ3) is 6.01. The van der Waals surface area contributed by atoms with Crippen molar-refractivity contribution in [1.29, 1.82) is 0 Å². The van der Waals surface area contributed by atoms with Gasteiger partial charge in [-0.25, -0.2) is 0 Å². The number of nitrogens with one attached hydrogen (secondary N) is 1. The minimum atomic E-state index is 0.806. The highest BCUT2D eigenvalue weighted by molar-refractivity contribution is 4.35. The molecular weight excluding hydrogens is 126 g/mol. The van der Waals surface area contributed by atoms with E-state index in [1.165, 1.54) is 18.0 Å². The van der Waals surface area contributed by atoms with Crippen LogP contribution in [0.15, 0.2) is 0 Å². The van der Waals surface area contributed by atoms with E-state index in [0.29, 0.717) is 0 Å². The first-order valence-electron chi connectivity index (χ1n) is 4.02. The molecule has 0 atom stereocenters. The fourth-order valence-corrected chi connectivity index (χ4v) is 0.933. The van der Waals surface area contributed by atoms with E-state index in [0.717, 1.165) is 25.9 Å². The van der Waals surface area contributed by atoms with Crippen LogP contribution in [0.5, 0.6) is 0 Å². The molecule has 0 aliphatic heterocycles. The van der Waals surface area contributed by atoms with Crippen LogP contribution in [-0.4, -0.2) is 33.2 Å². The van der Waals surface area contributed by atoms with E-state index in [9.17, 15) is 0 Å². The Morgan fingerprint density at radius 3 is 1.70 bits per heavy atom. The van der Waals surface area contributed by atoms with Crippen molar-refractivity contribution in [3.63, 3.8) is 0 Å². The summed E-state index contributed by atoms with van der Waals surface area (Å²) in [7, 11) is 2.19. The number of nitrogens with two attached hydrogens (primary N) is 2. The Morgan fingerprint density at radius 1 is 1.00 bits per heavy atom. The first kappa shape index (κ1) is 9.88. The van der Waals surface area contributed by atoms with Gasteiger partial charge in [0.15, 0.2) is 0 Å². The Kier molecular flexibility index (Phi) is 6.91. The highest BCUT2D eigenvalue weighted by Crippen LogP contribution is 1.66. The summed E-state index contributed by atoms with van der Waals surface area (Å²) >= 11 is 0. The number of quaternary nitrogens is 1. The number of rotatable bonds is 6. The SMILES string of the molecule is C[NH+](CCCN)CCCN. The van der Waals surface area contributed by atoms with Crippen molar-refractivity contribution in [2.24, 2.45) is 11.5 Å². The summed E-state index contributed by atoms with van der Waals surface area (Å²) in [6, 6.07) is 0. The summed E-state index contributed by atoms with van der Waals surface area (Å²) < 4.78 is 0. The van der Waals surface area contributed by atoms with Crippen molar-refractivity contribution in [1.82, 2.24) is 0 Å². The maximum absolute atomic E-state index is 5.37. The van der Waals surface area contributed by atoms with Crippen LogP contribution in [0, 0.1) is 0 Å². The lowest BCUT2D eigenvalue weighted by Gasteiger charge is -2.11. The molecule has 0 aromatic carbocycles. The molecule has 0 aromatic rings. The molecule has 0 bridgehead atoms. The maximum atomic E-state index is 5.37. The summed E-state index contributed by atoms with van der Waals surface area (Å²) in [5, 5.41) is 0. The van der Waals surface area contributed by atoms with Crippen LogP contribution in [0.4, 0.5) is 0 Å². The van der Waals surface area contributed by atoms with Gasteiger partial charge < -0.3 is 16.4 Å². The lowest BCUT2D eigenvalue weighted by atomic mass is 10.3. The van der Waals surface area contributed by atoms with Crippen LogP contribution in [0.3, 0.4) is 0 Å². The Labute approximate surface area is 63.4 Å². The average Bonchev–Trinajstić information content (AvgIpc) is 1.97. The highest BCUT2D eigenvalue weighted by atomic mass is 15.1. The van der Waals surface area contributed by atoms with E-state index in [1.54, 1.807) is 0 Å². The summed E-state index contributed by atoms with van der Waals surface area (Å²) in [5.74, 6) is 0. The molecule has 5 N–H and O–H groups in total. The first-order valence-corrected chi connectivity index (χ1v) is 4.02. The van der Waals surface area contributed by atoms with Crippen molar-refractivity contribution in [3.8, 4) is 0 Å². The van der Waals surface area contributed by atoms with Crippen LogP contribution in [-0.2, 0) is 0 Å². The molecule has 62 valence electrons. The van der Waals surface area contributed by atoms with Gasteiger partial charge in [0.05, 0.1) is 20.1 Å². The molecule has 0 saturated carbocycles. The van der Waals surface area contributed by atoms with E-state index in [1.807, 2.05) is 0 Å². The van der Waals surface area contributed by atoms with Crippen LogP contribution in [0.25, 0.3) is 0 Å². The van der Waals surface area contributed by atoms with Gasteiger partial charge in [-0.15, -0.1) is 0 Å². The maximum Gasteiger partial charge on any atom is 0.0781 e. The summed E-state index contributed by atoms with van der Waals surface area (Å²) in [4.78, 5) is 1.54. The van der Waals surface area contributed by atoms with Gasteiger partial charge in [0.1, 0.15) is 0 Å². The van der Waals surface area contributed by atoms with Crippen molar-refractivity contribution in [3.05, 3.63) is 0 Å². The Hall–Kier alpha value is -0.120. The fourth-order valence-electron chi connectivity index (χ4n) is 0.933. The standard InChI is InChI=1S/C7H19N3/c1-10(6-2-4-8)7-3-5-9/h2-9H2,1H3/p+1. The van der Waals surface area contributed by atoms with Crippen molar-refractivity contribution < 1.29 is 4.90 Å². The Bertz CT molecular complexity index is 57.9. The molecule has 0 fully saturated rings. The molecule has 0 aliphatic rings. The molecular formula is C7H20N3+. The van der Waals surface area contributed by atoms with Crippen LogP contribution >= 0.6 is 0 Å². The third-order valence-corrected chi connectivity index (χ3v) is 1.62. The van der Waals surface area contributed by atoms with Gasteiger partial charge in [0, 0.05) is 12.8 Å². The van der Waals surface area contributed by atoms with E-state index in [2.05, 4.69) is 7.05 Å². The van der Waals surface area contributed by atoms with Gasteiger partial charge >= 0.3 is 0 Å². The molecule has 0 saturated heterocycles. The van der Waals surface area contributed by atoms with E-state index in [-0.39, 0.29) is 0 Å². The molecule has 0 amide bonds. The van der Waals surface area contributed by atoms with Gasteiger partial charge in [0.25, 0.3) is 0 Å². The summed E-state index contributed by atoms with van der Waals surface area (Å²) in [6.07, 6.45) is 2.24. The number of hydrogen-bond acceptors (Lipinski definition) is 2. The molecule has 0 aliphatic carbocycles. The predicted octanol–water partition coefficient (Wildman–Crippen LogP) is -1.80. The Balaban J connectivity index is 3.00. The topological polar surface area (TPSA) is 56.5 Å². The van der Waals surface area contributed by atoms with Gasteiger partial charge in [-0.05, 0) is 13.1 Å². The van der Waals surface area contributed by atoms with E-state index < -0.39 is 0 Å². The smallest absolute Gasteiger partial charge is 0.0781 e. The minimum Gasteiger partial charge on any atom is -0.337 e. The van der Waals surface area contributed by atoms with Crippen LogP contribution < -0.4 is 16.4 Å². The fraction of sp³-hybridized carbons (Fsp3) is 1.00. The number of hydrogen-bond donors (Lipinski definition) is 3. The minimum absolute atomic E-state index is 0.806. The second-order valence-corrected chi connectivity index (χ2v) is 2.74. The highest BCUT2D eigenvalue weighted by Gasteiger charge is 1.97. The molecule has 0 radical (unpaired) electrons. The zero-order valence-electron chi connectivity index (χ0n) is 6.90. The first-order chi connectivity index (χ1) is 4.81. The molecule has 0 rings (SSSR count). The lowest BCUT2D eigenvalue weighted by Crippen LogP contribution is -3.09. The monoisotopic (exact) mass is 146 g/mol. The van der Waals surface area contributed by atoms with Gasteiger partial charge in [-0.1, -0.05) is 0 Å². The van der Waals surface area contributed by atoms with E-state index >= 15 is 0 Å². The zero-order valence-corrected chi connectivity index (χ0v) is 6.90. The van der Waals surface area contributed by atoms with Crippen LogP contribution in [0.1, 0.15) is 12.8 Å². The quantitative estimate of drug-likeness (QED) is 0.414. The van der Waals surface area contributed by atoms with E-state index in [4.69, 9.17) is 11.5 Å². The summed E-state index contributed by atoms with van der Waals surface area (Å²) in [5.41, 5.74) is 10.7. The van der Waals surface area contributed by atoms with Gasteiger partial charge in [-0.3, -0.25) is 0 Å². The third-order valence-electron chi connectivity index (χ3n) is 1.62. The van der Waals surface area contributed by atoms with Crippen molar-refractivity contribution in [2.75, 3.05) is 33.2 Å². The molecule has 0 unspecified atom stereocenters. The molecule has 10 heavy (non-hydrogen) atoms. The second kappa shape index (κ2) is 6.99. The summed E-state index contributed by atoms with van der Waals surface area (Å²) in [6.45, 7) is 3.97. The zero-order chi connectivity index (χ0) is 7.82. The second-order valence-electron chi connectivity index (χ2n) is 2.74. The lowest BCUT2D eigenvalue weighted by molar-refractivity contribution is -0.879. The molecule has 0 spiro atoms. The Morgan fingerprint density at radius 2 is 1.40 bits per heavy atom. The largest absolute Gasteiger partial charge is 0.337 e.